The number of nitrogens with one attached hydrogen (secondary N) is 1. The van der Waals surface area contributed by atoms with Crippen molar-refractivity contribution in [1.82, 2.24) is 0 Å². The Kier molecular flexibility index (Phi) is 4.63. The molecule has 0 aliphatic rings. The molecule has 0 aromatic heterocycles. The quantitative estimate of drug-likeness (QED) is 0.841. The maximum absolute atomic E-state index is 12.0. The van der Waals surface area contributed by atoms with E-state index in [9.17, 15) is 13.2 Å². The van der Waals surface area contributed by atoms with Crippen molar-refractivity contribution in [3.8, 4) is 5.75 Å². The van der Waals surface area contributed by atoms with E-state index in [2.05, 4.69) is 10.1 Å². The summed E-state index contributed by atoms with van der Waals surface area (Å²) in [7, 11) is 0. The van der Waals surface area contributed by atoms with E-state index < -0.39 is 6.36 Å². The van der Waals surface area contributed by atoms with Crippen LogP contribution in [0.3, 0.4) is 0 Å². The summed E-state index contributed by atoms with van der Waals surface area (Å²) in [6, 6.07) is 11.3. The Morgan fingerprint density at radius 2 is 1.76 bits per heavy atom. The largest absolute Gasteiger partial charge is 0.573 e. The van der Waals surface area contributed by atoms with Crippen molar-refractivity contribution in [1.29, 1.82) is 0 Å². The van der Waals surface area contributed by atoms with Crippen LogP contribution in [0.5, 0.6) is 5.75 Å². The van der Waals surface area contributed by atoms with Gasteiger partial charge in [0.15, 0.2) is 0 Å². The van der Waals surface area contributed by atoms with Crippen LogP contribution in [0.15, 0.2) is 42.5 Å². The van der Waals surface area contributed by atoms with Crippen molar-refractivity contribution >= 4 is 17.3 Å². The van der Waals surface area contributed by atoms with Gasteiger partial charge in [0.25, 0.3) is 0 Å². The molecule has 0 heterocycles. The maximum Gasteiger partial charge on any atom is 0.573 e. The van der Waals surface area contributed by atoms with Gasteiger partial charge in [-0.2, -0.15) is 0 Å². The average Bonchev–Trinajstić information content (AvgIpc) is 2.38. The Morgan fingerprint density at radius 1 is 1.10 bits per heavy atom. The minimum absolute atomic E-state index is 0.236. The van der Waals surface area contributed by atoms with Crippen molar-refractivity contribution in [3.63, 3.8) is 0 Å². The van der Waals surface area contributed by atoms with Gasteiger partial charge in [0.05, 0.1) is 10.7 Å². The fourth-order valence-electron chi connectivity index (χ4n) is 1.77. The van der Waals surface area contributed by atoms with E-state index in [1.54, 1.807) is 12.1 Å². The topological polar surface area (TPSA) is 21.3 Å². The molecule has 0 bridgehead atoms. The van der Waals surface area contributed by atoms with Gasteiger partial charge in [-0.1, -0.05) is 29.8 Å². The van der Waals surface area contributed by atoms with Gasteiger partial charge < -0.3 is 10.1 Å². The minimum atomic E-state index is -4.67. The molecule has 0 unspecified atom stereocenters. The van der Waals surface area contributed by atoms with E-state index in [1.807, 2.05) is 25.1 Å². The van der Waals surface area contributed by atoms with Crippen molar-refractivity contribution in [2.75, 3.05) is 5.32 Å². The van der Waals surface area contributed by atoms with Crippen LogP contribution in [0.4, 0.5) is 18.9 Å². The minimum Gasteiger partial charge on any atom is -0.406 e. The molecule has 0 aliphatic heterocycles. The second-order valence-corrected chi connectivity index (χ2v) is 4.94. The van der Waals surface area contributed by atoms with Crippen molar-refractivity contribution < 1.29 is 17.9 Å². The van der Waals surface area contributed by atoms with E-state index in [0.717, 1.165) is 16.8 Å². The van der Waals surface area contributed by atoms with Crippen LogP contribution in [0.2, 0.25) is 5.02 Å². The highest BCUT2D eigenvalue weighted by atomic mass is 35.5. The van der Waals surface area contributed by atoms with Gasteiger partial charge in [0.1, 0.15) is 5.75 Å². The van der Waals surface area contributed by atoms with E-state index in [0.29, 0.717) is 11.6 Å². The molecule has 0 spiro atoms. The first-order valence-corrected chi connectivity index (χ1v) is 6.56. The predicted octanol–water partition coefficient (Wildman–Crippen LogP) is 5.16. The second kappa shape index (κ2) is 6.26. The summed E-state index contributed by atoms with van der Waals surface area (Å²) in [6.45, 7) is 2.39. The predicted molar refractivity (Wildman–Crippen MR) is 76.6 cm³/mol. The lowest BCUT2D eigenvalue weighted by Crippen LogP contribution is -2.17. The lowest BCUT2D eigenvalue weighted by atomic mass is 10.2. The smallest absolute Gasteiger partial charge is 0.406 e. The number of hydrogen-bond donors (Lipinski definition) is 1. The molecule has 2 aromatic carbocycles. The summed E-state index contributed by atoms with van der Waals surface area (Å²) in [4.78, 5) is 0. The van der Waals surface area contributed by atoms with Gasteiger partial charge in [-0.05, 0) is 42.3 Å². The number of rotatable bonds is 4. The molecular formula is C15H13ClF3NO. The SMILES string of the molecule is Cc1ccc(NCc2ccc(OC(F)(F)F)cc2)c(Cl)c1. The summed E-state index contributed by atoms with van der Waals surface area (Å²) >= 11 is 6.09. The molecule has 0 saturated carbocycles. The number of halogens is 4. The first-order chi connectivity index (χ1) is 9.83. The standard InChI is InChI=1S/C15H13ClF3NO/c1-10-2-7-14(13(16)8-10)20-9-11-3-5-12(6-4-11)21-15(17,18)19/h2-8,20H,9H2,1H3. The molecule has 6 heteroatoms. The summed E-state index contributed by atoms with van der Waals surface area (Å²) in [5.74, 6) is -0.236. The zero-order chi connectivity index (χ0) is 15.5. The van der Waals surface area contributed by atoms with E-state index in [-0.39, 0.29) is 5.75 Å². The molecule has 2 nitrogen and oxygen atoms in total. The van der Waals surface area contributed by atoms with Gasteiger partial charge in [-0.3, -0.25) is 0 Å². The Bertz CT molecular complexity index is 611. The van der Waals surface area contributed by atoms with Crippen LogP contribution in [0.1, 0.15) is 11.1 Å². The second-order valence-electron chi connectivity index (χ2n) is 4.53. The van der Waals surface area contributed by atoms with Crippen LogP contribution in [-0.4, -0.2) is 6.36 Å². The molecule has 2 aromatic rings. The van der Waals surface area contributed by atoms with Gasteiger partial charge in [0.2, 0.25) is 0 Å². The monoisotopic (exact) mass is 315 g/mol. The number of hydrogen-bond acceptors (Lipinski definition) is 2. The lowest BCUT2D eigenvalue weighted by Gasteiger charge is -2.11. The highest BCUT2D eigenvalue weighted by Crippen LogP contribution is 2.25. The first kappa shape index (κ1) is 15.5. The number of benzene rings is 2. The van der Waals surface area contributed by atoms with Crippen molar-refractivity contribution in [3.05, 3.63) is 58.6 Å². The third-order valence-electron chi connectivity index (χ3n) is 2.76. The molecular weight excluding hydrogens is 303 g/mol. The molecule has 0 fully saturated rings. The third-order valence-corrected chi connectivity index (χ3v) is 3.08. The molecule has 0 aliphatic carbocycles. The van der Waals surface area contributed by atoms with Crippen LogP contribution >= 0.6 is 11.6 Å². The molecule has 112 valence electrons. The molecule has 1 N–H and O–H groups in total. The average molecular weight is 316 g/mol. The van der Waals surface area contributed by atoms with Crippen molar-refractivity contribution in [2.45, 2.75) is 19.8 Å². The molecule has 0 saturated heterocycles. The van der Waals surface area contributed by atoms with E-state index in [1.165, 1.54) is 12.1 Å². The Morgan fingerprint density at radius 3 is 2.33 bits per heavy atom. The van der Waals surface area contributed by atoms with Crippen LogP contribution in [0, 0.1) is 6.92 Å². The van der Waals surface area contributed by atoms with Gasteiger partial charge in [0, 0.05) is 6.54 Å². The Hall–Kier alpha value is -1.88. The lowest BCUT2D eigenvalue weighted by molar-refractivity contribution is -0.274. The summed E-state index contributed by atoms with van der Waals surface area (Å²) in [5, 5.41) is 3.73. The normalized spacial score (nSPS) is 11.3. The van der Waals surface area contributed by atoms with E-state index >= 15 is 0 Å². The number of anilines is 1. The zero-order valence-electron chi connectivity index (χ0n) is 11.2. The highest BCUT2D eigenvalue weighted by molar-refractivity contribution is 6.33. The van der Waals surface area contributed by atoms with Gasteiger partial charge >= 0.3 is 6.36 Å². The molecule has 0 amide bonds. The molecule has 0 radical (unpaired) electrons. The zero-order valence-corrected chi connectivity index (χ0v) is 11.9. The summed E-state index contributed by atoms with van der Waals surface area (Å²) in [6.07, 6.45) is -4.67. The Labute approximate surface area is 125 Å². The number of alkyl halides is 3. The first-order valence-electron chi connectivity index (χ1n) is 6.18. The van der Waals surface area contributed by atoms with Gasteiger partial charge in [-0.25, -0.2) is 0 Å². The summed E-state index contributed by atoms with van der Waals surface area (Å²) < 4.78 is 39.9. The molecule has 0 atom stereocenters. The third kappa shape index (κ3) is 4.86. The van der Waals surface area contributed by atoms with Crippen LogP contribution in [0.25, 0.3) is 0 Å². The maximum atomic E-state index is 12.0. The molecule has 21 heavy (non-hydrogen) atoms. The fourth-order valence-corrected chi connectivity index (χ4v) is 2.07. The number of ether oxygens (including phenoxy) is 1. The Balaban J connectivity index is 1.97. The van der Waals surface area contributed by atoms with Crippen LogP contribution in [-0.2, 0) is 6.54 Å². The van der Waals surface area contributed by atoms with Crippen LogP contribution < -0.4 is 10.1 Å². The number of aryl methyl sites for hydroxylation is 1. The van der Waals surface area contributed by atoms with E-state index in [4.69, 9.17) is 11.6 Å². The molecule has 2 rings (SSSR count). The highest BCUT2D eigenvalue weighted by Gasteiger charge is 2.30. The van der Waals surface area contributed by atoms with Gasteiger partial charge in [-0.15, -0.1) is 13.2 Å². The summed E-state index contributed by atoms with van der Waals surface area (Å²) in [5.41, 5.74) is 2.65. The fraction of sp³-hybridized carbons (Fsp3) is 0.200. The van der Waals surface area contributed by atoms with Crippen molar-refractivity contribution in [2.24, 2.45) is 0 Å².